The van der Waals surface area contributed by atoms with Crippen LogP contribution < -0.4 is 4.72 Å². The number of alkyl halides is 2. The summed E-state index contributed by atoms with van der Waals surface area (Å²) < 4.78 is 56.9. The van der Waals surface area contributed by atoms with Crippen LogP contribution in [0.25, 0.3) is 22.3 Å². The van der Waals surface area contributed by atoms with Gasteiger partial charge in [-0.25, -0.2) is 21.9 Å². The van der Waals surface area contributed by atoms with Gasteiger partial charge in [0.2, 0.25) is 10.0 Å². The first-order valence-electron chi connectivity index (χ1n) is 11.1. The molecule has 5 rings (SSSR count). The quantitative estimate of drug-likeness (QED) is 0.507. The van der Waals surface area contributed by atoms with E-state index in [2.05, 4.69) is 15.8 Å². The molecular weight excluding hydrogens is 446 g/mol. The van der Waals surface area contributed by atoms with Gasteiger partial charge in [-0.2, -0.15) is 5.26 Å². The smallest absolute Gasteiger partial charge is 0.263 e. The van der Waals surface area contributed by atoms with Gasteiger partial charge in [-0.3, -0.25) is 4.98 Å². The fourth-order valence-corrected chi connectivity index (χ4v) is 5.79. The Kier molecular flexibility index (Phi) is 5.46. The average molecular weight is 471 g/mol. The Balaban J connectivity index is 1.60. The van der Waals surface area contributed by atoms with Crippen molar-refractivity contribution in [1.29, 1.82) is 5.26 Å². The predicted molar refractivity (Wildman–Crippen MR) is 120 cm³/mol. The zero-order chi connectivity index (χ0) is 23.3. The molecule has 0 amide bonds. The molecule has 0 aliphatic heterocycles. The largest absolute Gasteiger partial charge is 0.335 e. The highest BCUT2D eigenvalue weighted by Gasteiger charge is 2.32. The van der Waals surface area contributed by atoms with Crippen LogP contribution >= 0.6 is 0 Å². The Morgan fingerprint density at radius 1 is 1.18 bits per heavy atom. The van der Waals surface area contributed by atoms with Gasteiger partial charge in [-0.1, -0.05) is 12.1 Å². The van der Waals surface area contributed by atoms with Crippen LogP contribution in [0.1, 0.15) is 62.6 Å². The molecule has 2 fully saturated rings. The number of aromatic nitrogens is 2. The highest BCUT2D eigenvalue weighted by molar-refractivity contribution is 7.89. The summed E-state index contributed by atoms with van der Waals surface area (Å²) in [6.07, 6.45) is 3.53. The summed E-state index contributed by atoms with van der Waals surface area (Å²) in [6, 6.07) is 9.61. The molecule has 9 heteroatoms. The van der Waals surface area contributed by atoms with Crippen molar-refractivity contribution in [3.63, 3.8) is 0 Å². The van der Waals surface area contributed by atoms with Crippen molar-refractivity contribution in [2.24, 2.45) is 5.92 Å². The summed E-state index contributed by atoms with van der Waals surface area (Å²) in [5.41, 5.74) is 1.85. The van der Waals surface area contributed by atoms with E-state index in [0.29, 0.717) is 33.8 Å². The lowest BCUT2D eigenvalue weighted by molar-refractivity contribution is 0.151. The van der Waals surface area contributed by atoms with E-state index in [1.807, 2.05) is 11.5 Å². The number of halogens is 2. The first-order chi connectivity index (χ1) is 15.8. The second-order valence-electron chi connectivity index (χ2n) is 8.99. The monoisotopic (exact) mass is 470 g/mol. The summed E-state index contributed by atoms with van der Waals surface area (Å²) in [5, 5.41) is 10.5. The molecule has 1 atom stereocenters. The number of hydrogen-bond donors (Lipinski definition) is 1. The minimum atomic E-state index is -3.71. The standard InChI is InChI=1S/C24H24F2N4O2S/c1-14(15-5-6-15)29-33(31,32)18-8-10-21(28-13-18)23-20(12-27)19-9-7-16(24(25)26)11-22(19)30(23)17-3-2-4-17/h7-11,13-15,17,24,29H,2-6H2,1H3/t14-/m0/s1. The maximum atomic E-state index is 13.4. The molecule has 2 heterocycles. The van der Waals surface area contributed by atoms with Crippen molar-refractivity contribution < 1.29 is 17.2 Å². The summed E-state index contributed by atoms with van der Waals surface area (Å²) in [7, 11) is -3.71. The van der Waals surface area contributed by atoms with Crippen molar-refractivity contribution >= 4 is 20.9 Å². The zero-order valence-electron chi connectivity index (χ0n) is 18.1. The fraction of sp³-hybridized carbons (Fsp3) is 0.417. The fourth-order valence-electron chi connectivity index (χ4n) is 4.54. The van der Waals surface area contributed by atoms with Crippen LogP contribution in [0.2, 0.25) is 0 Å². The molecule has 0 unspecified atom stereocenters. The lowest BCUT2D eigenvalue weighted by atomic mass is 9.92. The number of nitrogens with one attached hydrogen (secondary N) is 1. The van der Waals surface area contributed by atoms with Gasteiger partial charge >= 0.3 is 0 Å². The molecule has 1 aromatic carbocycles. The van der Waals surface area contributed by atoms with Crippen LogP contribution in [0.3, 0.4) is 0 Å². The third kappa shape index (κ3) is 3.91. The molecule has 0 spiro atoms. The molecule has 6 nitrogen and oxygen atoms in total. The van der Waals surface area contributed by atoms with Gasteiger partial charge in [-0.05, 0) is 63.1 Å². The van der Waals surface area contributed by atoms with Crippen molar-refractivity contribution in [1.82, 2.24) is 14.3 Å². The van der Waals surface area contributed by atoms with E-state index >= 15 is 0 Å². The van der Waals surface area contributed by atoms with Gasteiger partial charge < -0.3 is 4.57 Å². The Morgan fingerprint density at radius 3 is 2.48 bits per heavy atom. The van der Waals surface area contributed by atoms with E-state index < -0.39 is 16.4 Å². The average Bonchev–Trinajstić information content (AvgIpc) is 3.56. The van der Waals surface area contributed by atoms with E-state index in [1.54, 1.807) is 12.1 Å². The Hall–Kier alpha value is -2.83. The van der Waals surface area contributed by atoms with Gasteiger partial charge in [0.05, 0.1) is 22.5 Å². The zero-order valence-corrected chi connectivity index (χ0v) is 18.9. The summed E-state index contributed by atoms with van der Waals surface area (Å²) in [6.45, 7) is 1.86. The minimum Gasteiger partial charge on any atom is -0.335 e. The van der Waals surface area contributed by atoms with Gasteiger partial charge in [0.1, 0.15) is 11.0 Å². The van der Waals surface area contributed by atoms with E-state index in [9.17, 15) is 22.5 Å². The van der Waals surface area contributed by atoms with Crippen molar-refractivity contribution in [2.75, 3.05) is 0 Å². The van der Waals surface area contributed by atoms with E-state index in [-0.39, 0.29) is 22.5 Å². The topological polar surface area (TPSA) is 87.8 Å². The van der Waals surface area contributed by atoms with Crippen LogP contribution in [-0.2, 0) is 10.0 Å². The molecule has 2 aromatic heterocycles. The number of sulfonamides is 1. The summed E-state index contributed by atoms with van der Waals surface area (Å²) >= 11 is 0. The second-order valence-corrected chi connectivity index (χ2v) is 10.7. The van der Waals surface area contributed by atoms with E-state index in [4.69, 9.17) is 0 Å². The Bertz CT molecular complexity index is 1350. The number of nitrogens with zero attached hydrogens (tertiary/aromatic N) is 3. The van der Waals surface area contributed by atoms with Crippen molar-refractivity contribution in [3.8, 4) is 17.5 Å². The molecule has 0 bridgehead atoms. The molecule has 172 valence electrons. The maximum Gasteiger partial charge on any atom is 0.263 e. The SMILES string of the molecule is C[C@H](NS(=O)(=O)c1ccc(-c2c(C#N)c3ccc(C(F)F)cc3n2C2CCC2)nc1)C1CC1. The molecule has 2 aliphatic carbocycles. The van der Waals surface area contributed by atoms with Gasteiger partial charge in [0.15, 0.2) is 0 Å². The van der Waals surface area contributed by atoms with Crippen LogP contribution in [0.5, 0.6) is 0 Å². The van der Waals surface area contributed by atoms with Gasteiger partial charge in [-0.15, -0.1) is 0 Å². The molecule has 1 N–H and O–H groups in total. The number of pyridine rings is 1. The third-order valence-electron chi connectivity index (χ3n) is 6.79. The molecular formula is C24H24F2N4O2S. The summed E-state index contributed by atoms with van der Waals surface area (Å²) in [4.78, 5) is 4.47. The number of hydrogen-bond acceptors (Lipinski definition) is 4. The molecule has 0 saturated heterocycles. The highest BCUT2D eigenvalue weighted by atomic mass is 32.2. The van der Waals surface area contributed by atoms with Crippen LogP contribution in [0.15, 0.2) is 41.4 Å². The summed E-state index contributed by atoms with van der Waals surface area (Å²) in [5.74, 6) is 0.376. The molecule has 2 aliphatic rings. The van der Waals surface area contributed by atoms with E-state index in [0.717, 1.165) is 32.1 Å². The third-order valence-corrected chi connectivity index (χ3v) is 8.34. The second kappa shape index (κ2) is 8.19. The number of benzene rings is 1. The van der Waals surface area contributed by atoms with Crippen LogP contribution in [0, 0.1) is 17.2 Å². The van der Waals surface area contributed by atoms with Gasteiger partial charge in [0.25, 0.3) is 6.43 Å². The molecule has 33 heavy (non-hydrogen) atoms. The lowest BCUT2D eigenvalue weighted by Gasteiger charge is -2.30. The maximum absolute atomic E-state index is 13.4. The van der Waals surface area contributed by atoms with Crippen molar-refractivity contribution in [3.05, 3.63) is 47.7 Å². The molecule has 3 aromatic rings. The molecule has 2 saturated carbocycles. The van der Waals surface area contributed by atoms with Crippen LogP contribution in [-0.4, -0.2) is 24.0 Å². The lowest BCUT2D eigenvalue weighted by Crippen LogP contribution is -2.34. The number of fused-ring (bicyclic) bond motifs is 1. The van der Waals surface area contributed by atoms with Crippen molar-refractivity contribution in [2.45, 2.75) is 62.4 Å². The predicted octanol–water partition coefficient (Wildman–Crippen LogP) is 5.31. The normalized spacial score (nSPS) is 17.8. The minimum absolute atomic E-state index is 0.0588. The first-order valence-corrected chi connectivity index (χ1v) is 12.6. The Morgan fingerprint density at radius 2 is 1.94 bits per heavy atom. The molecule has 0 radical (unpaired) electrons. The number of rotatable bonds is 7. The first kappa shape index (κ1) is 22.0. The number of nitriles is 1. The van der Waals surface area contributed by atoms with Crippen LogP contribution in [0.4, 0.5) is 8.78 Å². The van der Waals surface area contributed by atoms with E-state index in [1.165, 1.54) is 24.4 Å². The van der Waals surface area contributed by atoms with Gasteiger partial charge in [0, 0.05) is 29.2 Å². The Labute approximate surface area is 191 Å². The highest BCUT2D eigenvalue weighted by Crippen LogP contribution is 2.43.